The van der Waals surface area contributed by atoms with Gasteiger partial charge < -0.3 is 5.32 Å². The van der Waals surface area contributed by atoms with Crippen LogP contribution in [0.5, 0.6) is 0 Å². The number of hydrogen-bond donors (Lipinski definition) is 1. The molecule has 0 bridgehead atoms. The van der Waals surface area contributed by atoms with E-state index in [1.807, 2.05) is 31.2 Å². The number of hydrogen-bond acceptors (Lipinski definition) is 1. The van der Waals surface area contributed by atoms with Crippen LogP contribution in [0.1, 0.15) is 49.3 Å². The standard InChI is InChI=1S/C14H19F2N/c1-2-9-17-13(14(15)16)12-7-5-11(6-8-12)10-3-4-10/h5-8,10,13-14,17H,2-4,9H2,1H3. The van der Waals surface area contributed by atoms with Gasteiger partial charge in [0.1, 0.15) is 0 Å². The third-order valence-electron chi connectivity index (χ3n) is 3.21. The van der Waals surface area contributed by atoms with E-state index in [1.54, 1.807) is 0 Å². The Morgan fingerprint density at radius 3 is 2.35 bits per heavy atom. The lowest BCUT2D eigenvalue weighted by molar-refractivity contribution is 0.0985. The molecule has 0 saturated heterocycles. The zero-order valence-corrected chi connectivity index (χ0v) is 10.1. The summed E-state index contributed by atoms with van der Waals surface area (Å²) in [4.78, 5) is 0. The maximum absolute atomic E-state index is 12.9. The van der Waals surface area contributed by atoms with E-state index in [-0.39, 0.29) is 0 Å². The van der Waals surface area contributed by atoms with Crippen LogP contribution in [-0.4, -0.2) is 13.0 Å². The molecule has 0 aliphatic heterocycles. The van der Waals surface area contributed by atoms with Crippen molar-refractivity contribution in [2.45, 2.75) is 44.6 Å². The molecular weight excluding hydrogens is 220 g/mol. The van der Waals surface area contributed by atoms with E-state index < -0.39 is 12.5 Å². The fraction of sp³-hybridized carbons (Fsp3) is 0.571. The second kappa shape index (κ2) is 5.58. The van der Waals surface area contributed by atoms with Gasteiger partial charge in [0.25, 0.3) is 6.43 Å². The summed E-state index contributed by atoms with van der Waals surface area (Å²) in [7, 11) is 0. The number of rotatable bonds is 6. The minimum atomic E-state index is -2.35. The maximum atomic E-state index is 12.9. The molecule has 0 radical (unpaired) electrons. The van der Waals surface area contributed by atoms with Crippen molar-refractivity contribution in [1.82, 2.24) is 5.32 Å². The molecule has 1 nitrogen and oxygen atoms in total. The normalized spacial score (nSPS) is 17.4. The van der Waals surface area contributed by atoms with Crippen LogP contribution in [0.3, 0.4) is 0 Å². The van der Waals surface area contributed by atoms with Gasteiger partial charge in [-0.25, -0.2) is 8.78 Å². The van der Waals surface area contributed by atoms with Crippen LogP contribution in [-0.2, 0) is 0 Å². The van der Waals surface area contributed by atoms with Gasteiger partial charge in [-0.3, -0.25) is 0 Å². The van der Waals surface area contributed by atoms with Crippen LogP contribution in [0.4, 0.5) is 8.78 Å². The Kier molecular flexibility index (Phi) is 4.11. The van der Waals surface area contributed by atoms with Crippen molar-refractivity contribution < 1.29 is 8.78 Å². The summed E-state index contributed by atoms with van der Waals surface area (Å²) >= 11 is 0. The SMILES string of the molecule is CCCNC(c1ccc(C2CC2)cc1)C(F)F. The van der Waals surface area contributed by atoms with Crippen molar-refractivity contribution in [3.63, 3.8) is 0 Å². The zero-order chi connectivity index (χ0) is 12.3. The monoisotopic (exact) mass is 239 g/mol. The van der Waals surface area contributed by atoms with Gasteiger partial charge in [-0.05, 0) is 42.9 Å². The lowest BCUT2D eigenvalue weighted by Crippen LogP contribution is -2.27. The molecule has 0 spiro atoms. The highest BCUT2D eigenvalue weighted by Crippen LogP contribution is 2.40. The molecule has 1 aliphatic carbocycles. The summed E-state index contributed by atoms with van der Waals surface area (Å²) in [5.41, 5.74) is 1.98. The number of halogens is 2. The van der Waals surface area contributed by atoms with Crippen LogP contribution in [0.2, 0.25) is 0 Å². The van der Waals surface area contributed by atoms with E-state index in [0.29, 0.717) is 18.0 Å². The lowest BCUT2D eigenvalue weighted by Gasteiger charge is -2.18. The summed E-state index contributed by atoms with van der Waals surface area (Å²) in [5.74, 6) is 0.678. The van der Waals surface area contributed by atoms with E-state index >= 15 is 0 Å². The summed E-state index contributed by atoms with van der Waals surface area (Å²) in [6, 6.07) is 6.84. The highest BCUT2D eigenvalue weighted by atomic mass is 19.3. The summed E-state index contributed by atoms with van der Waals surface area (Å²) < 4.78 is 25.8. The van der Waals surface area contributed by atoms with Crippen molar-refractivity contribution in [1.29, 1.82) is 0 Å². The molecule has 2 rings (SSSR count). The van der Waals surface area contributed by atoms with Crippen LogP contribution in [0, 0.1) is 0 Å². The summed E-state index contributed by atoms with van der Waals surface area (Å²) in [6.45, 7) is 2.60. The van der Waals surface area contributed by atoms with Gasteiger partial charge in [-0.2, -0.15) is 0 Å². The predicted molar refractivity (Wildman–Crippen MR) is 65.5 cm³/mol. The van der Waals surface area contributed by atoms with E-state index in [1.165, 1.54) is 18.4 Å². The van der Waals surface area contributed by atoms with E-state index in [4.69, 9.17) is 0 Å². The van der Waals surface area contributed by atoms with Crippen molar-refractivity contribution in [2.24, 2.45) is 0 Å². The molecule has 17 heavy (non-hydrogen) atoms. The third kappa shape index (κ3) is 3.25. The topological polar surface area (TPSA) is 12.0 Å². The molecule has 0 amide bonds. The van der Waals surface area contributed by atoms with Crippen LogP contribution >= 0.6 is 0 Å². The van der Waals surface area contributed by atoms with Crippen molar-refractivity contribution >= 4 is 0 Å². The molecule has 94 valence electrons. The van der Waals surface area contributed by atoms with E-state index in [0.717, 1.165) is 6.42 Å². The average Bonchev–Trinajstić information content (AvgIpc) is 3.14. The zero-order valence-electron chi connectivity index (χ0n) is 10.1. The second-order valence-electron chi connectivity index (χ2n) is 4.71. The summed E-state index contributed by atoms with van der Waals surface area (Å²) in [6.07, 6.45) is 0.995. The first-order valence-corrected chi connectivity index (χ1v) is 6.33. The molecule has 1 aliphatic rings. The van der Waals surface area contributed by atoms with E-state index in [9.17, 15) is 8.78 Å². The van der Waals surface area contributed by atoms with Crippen LogP contribution < -0.4 is 5.32 Å². The summed E-state index contributed by atoms with van der Waals surface area (Å²) in [5, 5.41) is 2.90. The minimum absolute atomic E-state index is 0.624. The Hall–Kier alpha value is -0.960. The molecule has 1 aromatic rings. The molecule has 0 heterocycles. The fourth-order valence-electron chi connectivity index (χ4n) is 2.04. The quantitative estimate of drug-likeness (QED) is 0.794. The highest BCUT2D eigenvalue weighted by Gasteiger charge is 2.25. The average molecular weight is 239 g/mol. The fourth-order valence-corrected chi connectivity index (χ4v) is 2.04. The number of alkyl halides is 2. The molecule has 1 saturated carbocycles. The van der Waals surface area contributed by atoms with Crippen LogP contribution in [0.25, 0.3) is 0 Å². The molecule has 1 aromatic carbocycles. The Labute approximate surface area is 101 Å². The minimum Gasteiger partial charge on any atom is -0.305 e. The first kappa shape index (κ1) is 12.5. The molecule has 0 aromatic heterocycles. The Bertz CT molecular complexity index is 344. The van der Waals surface area contributed by atoms with Crippen molar-refractivity contribution in [3.05, 3.63) is 35.4 Å². The van der Waals surface area contributed by atoms with Gasteiger partial charge in [0.15, 0.2) is 0 Å². The number of benzene rings is 1. The third-order valence-corrected chi connectivity index (χ3v) is 3.21. The molecule has 1 unspecified atom stereocenters. The molecule has 3 heteroatoms. The molecular formula is C14H19F2N. The Morgan fingerprint density at radius 1 is 1.24 bits per heavy atom. The Morgan fingerprint density at radius 2 is 1.88 bits per heavy atom. The molecule has 1 N–H and O–H groups in total. The smallest absolute Gasteiger partial charge is 0.257 e. The van der Waals surface area contributed by atoms with Gasteiger partial charge in [-0.15, -0.1) is 0 Å². The van der Waals surface area contributed by atoms with Gasteiger partial charge in [0, 0.05) is 0 Å². The van der Waals surface area contributed by atoms with Crippen molar-refractivity contribution in [3.8, 4) is 0 Å². The lowest BCUT2D eigenvalue weighted by atomic mass is 10.0. The van der Waals surface area contributed by atoms with Gasteiger partial charge in [0.2, 0.25) is 0 Å². The Balaban J connectivity index is 2.06. The van der Waals surface area contributed by atoms with Gasteiger partial charge in [0.05, 0.1) is 6.04 Å². The van der Waals surface area contributed by atoms with Crippen LogP contribution in [0.15, 0.2) is 24.3 Å². The van der Waals surface area contributed by atoms with Gasteiger partial charge in [-0.1, -0.05) is 31.2 Å². The van der Waals surface area contributed by atoms with E-state index in [2.05, 4.69) is 5.32 Å². The second-order valence-corrected chi connectivity index (χ2v) is 4.71. The van der Waals surface area contributed by atoms with Crippen molar-refractivity contribution in [2.75, 3.05) is 6.54 Å². The first-order chi connectivity index (χ1) is 8.22. The molecule has 1 fully saturated rings. The number of nitrogens with one attached hydrogen (secondary N) is 1. The molecule has 1 atom stereocenters. The first-order valence-electron chi connectivity index (χ1n) is 6.33. The highest BCUT2D eigenvalue weighted by molar-refractivity contribution is 5.30. The van der Waals surface area contributed by atoms with Gasteiger partial charge >= 0.3 is 0 Å². The largest absolute Gasteiger partial charge is 0.305 e. The predicted octanol–water partition coefficient (Wildman–Crippen LogP) is 3.87. The maximum Gasteiger partial charge on any atom is 0.257 e.